The zero-order chi connectivity index (χ0) is 14.8. The van der Waals surface area contributed by atoms with E-state index in [9.17, 15) is 0 Å². The Morgan fingerprint density at radius 2 is 2.05 bits per heavy atom. The molecule has 0 spiro atoms. The van der Waals surface area contributed by atoms with Crippen LogP contribution in [0.5, 0.6) is 5.88 Å². The van der Waals surface area contributed by atoms with Crippen molar-refractivity contribution >= 4 is 5.69 Å². The van der Waals surface area contributed by atoms with E-state index in [1.165, 1.54) is 0 Å². The van der Waals surface area contributed by atoms with Gasteiger partial charge >= 0.3 is 0 Å². The van der Waals surface area contributed by atoms with Crippen LogP contribution >= 0.6 is 0 Å². The first-order valence-electron chi connectivity index (χ1n) is 6.51. The molecule has 0 aliphatic rings. The fourth-order valence-corrected chi connectivity index (χ4v) is 1.61. The Balaban J connectivity index is 2.07. The van der Waals surface area contributed by atoms with Crippen molar-refractivity contribution in [2.24, 2.45) is 0 Å². The molecule has 0 aliphatic heterocycles. The molecule has 0 saturated heterocycles. The summed E-state index contributed by atoms with van der Waals surface area (Å²) in [4.78, 5) is 8.56. The predicted molar refractivity (Wildman–Crippen MR) is 75.8 cm³/mol. The van der Waals surface area contributed by atoms with E-state index in [1.807, 2.05) is 33.8 Å². The SMILES string of the molecule is COc1ccc(N[C@H](C)c2nc(C(C)(C)C)no2)cn1. The molecule has 0 amide bonds. The number of pyridine rings is 1. The molecule has 2 rings (SSSR count). The molecular formula is C14H20N4O2. The van der Waals surface area contributed by atoms with Gasteiger partial charge in [0.05, 0.1) is 19.0 Å². The van der Waals surface area contributed by atoms with Crippen LogP contribution < -0.4 is 10.1 Å². The van der Waals surface area contributed by atoms with E-state index in [-0.39, 0.29) is 11.5 Å². The standard InChI is InChI=1S/C14H20N4O2/c1-9(12-17-13(18-20-12)14(2,3)4)16-10-6-7-11(19-5)15-8-10/h6-9,16H,1-5H3/t9-/m1/s1. The molecule has 1 atom stereocenters. The summed E-state index contributed by atoms with van der Waals surface area (Å²) in [6.45, 7) is 8.11. The number of nitrogens with zero attached hydrogens (tertiary/aromatic N) is 3. The molecule has 2 aromatic heterocycles. The smallest absolute Gasteiger partial charge is 0.248 e. The van der Waals surface area contributed by atoms with Crippen LogP contribution in [0, 0.1) is 0 Å². The van der Waals surface area contributed by atoms with Gasteiger partial charge < -0.3 is 14.6 Å². The fourth-order valence-electron chi connectivity index (χ4n) is 1.61. The van der Waals surface area contributed by atoms with Gasteiger partial charge in [0.2, 0.25) is 11.8 Å². The fraction of sp³-hybridized carbons (Fsp3) is 0.500. The van der Waals surface area contributed by atoms with Crippen molar-refractivity contribution in [3.8, 4) is 5.88 Å². The number of anilines is 1. The average molecular weight is 276 g/mol. The zero-order valence-corrected chi connectivity index (χ0v) is 12.5. The van der Waals surface area contributed by atoms with Crippen molar-refractivity contribution in [2.45, 2.75) is 39.2 Å². The second-order valence-corrected chi connectivity index (χ2v) is 5.66. The summed E-state index contributed by atoms with van der Waals surface area (Å²) >= 11 is 0. The first-order valence-corrected chi connectivity index (χ1v) is 6.51. The van der Waals surface area contributed by atoms with E-state index < -0.39 is 0 Å². The van der Waals surface area contributed by atoms with Crippen LogP contribution in [0.3, 0.4) is 0 Å². The summed E-state index contributed by atoms with van der Waals surface area (Å²) in [6, 6.07) is 3.60. The molecule has 0 saturated carbocycles. The quantitative estimate of drug-likeness (QED) is 0.925. The van der Waals surface area contributed by atoms with Gasteiger partial charge in [-0.15, -0.1) is 0 Å². The molecule has 2 heterocycles. The third kappa shape index (κ3) is 3.26. The minimum atomic E-state index is -0.122. The van der Waals surface area contributed by atoms with Gasteiger partial charge in [-0.2, -0.15) is 4.98 Å². The molecule has 6 heteroatoms. The Hall–Kier alpha value is -2.11. The Morgan fingerprint density at radius 3 is 2.55 bits per heavy atom. The van der Waals surface area contributed by atoms with Crippen LogP contribution in [-0.2, 0) is 5.41 Å². The summed E-state index contributed by atoms with van der Waals surface area (Å²) in [5, 5.41) is 7.28. The van der Waals surface area contributed by atoms with E-state index >= 15 is 0 Å². The molecular weight excluding hydrogens is 256 g/mol. The number of hydrogen-bond acceptors (Lipinski definition) is 6. The zero-order valence-electron chi connectivity index (χ0n) is 12.5. The third-order valence-electron chi connectivity index (χ3n) is 2.81. The van der Waals surface area contributed by atoms with Gasteiger partial charge in [-0.25, -0.2) is 4.98 Å². The number of hydrogen-bond donors (Lipinski definition) is 1. The first kappa shape index (κ1) is 14.3. The molecule has 0 fully saturated rings. The van der Waals surface area contributed by atoms with Crippen molar-refractivity contribution in [3.05, 3.63) is 30.0 Å². The lowest BCUT2D eigenvalue weighted by Gasteiger charge is -2.12. The predicted octanol–water partition coefficient (Wildman–Crippen LogP) is 2.94. The maximum absolute atomic E-state index is 5.30. The van der Waals surface area contributed by atoms with E-state index in [2.05, 4.69) is 20.4 Å². The third-order valence-corrected chi connectivity index (χ3v) is 2.81. The van der Waals surface area contributed by atoms with Crippen molar-refractivity contribution in [1.29, 1.82) is 0 Å². The number of rotatable bonds is 4. The van der Waals surface area contributed by atoms with Crippen LogP contribution in [0.4, 0.5) is 5.69 Å². The minimum Gasteiger partial charge on any atom is -0.481 e. The molecule has 0 radical (unpaired) electrons. The Morgan fingerprint density at radius 1 is 1.30 bits per heavy atom. The Labute approximate surface area is 118 Å². The first-order chi connectivity index (χ1) is 9.40. The number of ether oxygens (including phenoxy) is 1. The number of nitrogens with one attached hydrogen (secondary N) is 1. The lowest BCUT2D eigenvalue weighted by atomic mass is 9.96. The van der Waals surface area contributed by atoms with Crippen LogP contribution in [0.2, 0.25) is 0 Å². The average Bonchev–Trinajstić information content (AvgIpc) is 2.89. The van der Waals surface area contributed by atoms with E-state index in [0.29, 0.717) is 17.6 Å². The number of aromatic nitrogens is 3. The van der Waals surface area contributed by atoms with E-state index in [1.54, 1.807) is 19.4 Å². The lowest BCUT2D eigenvalue weighted by Crippen LogP contribution is -2.14. The molecule has 0 aliphatic carbocycles. The maximum atomic E-state index is 5.30. The highest BCUT2D eigenvalue weighted by atomic mass is 16.5. The van der Waals surface area contributed by atoms with Crippen LogP contribution in [0.1, 0.15) is 45.5 Å². The number of methoxy groups -OCH3 is 1. The van der Waals surface area contributed by atoms with Crippen molar-refractivity contribution in [3.63, 3.8) is 0 Å². The second-order valence-electron chi connectivity index (χ2n) is 5.66. The Bertz CT molecular complexity index is 557. The molecule has 0 unspecified atom stereocenters. The molecule has 20 heavy (non-hydrogen) atoms. The van der Waals surface area contributed by atoms with Gasteiger partial charge in [-0.1, -0.05) is 25.9 Å². The van der Waals surface area contributed by atoms with Gasteiger partial charge in [0, 0.05) is 11.5 Å². The maximum Gasteiger partial charge on any atom is 0.248 e. The highest BCUT2D eigenvalue weighted by Gasteiger charge is 2.23. The summed E-state index contributed by atoms with van der Waals surface area (Å²) in [5.41, 5.74) is 0.747. The van der Waals surface area contributed by atoms with Crippen LogP contribution in [0.25, 0.3) is 0 Å². The van der Waals surface area contributed by atoms with Crippen molar-refractivity contribution in [2.75, 3.05) is 12.4 Å². The summed E-state index contributed by atoms with van der Waals surface area (Å²) in [6.07, 6.45) is 1.70. The monoisotopic (exact) mass is 276 g/mol. The highest BCUT2D eigenvalue weighted by molar-refractivity contribution is 5.43. The van der Waals surface area contributed by atoms with Gasteiger partial charge in [-0.3, -0.25) is 0 Å². The summed E-state index contributed by atoms with van der Waals surface area (Å²) < 4.78 is 10.3. The van der Waals surface area contributed by atoms with Crippen LogP contribution in [-0.4, -0.2) is 22.2 Å². The van der Waals surface area contributed by atoms with Gasteiger partial charge in [0.15, 0.2) is 5.82 Å². The molecule has 0 aromatic carbocycles. The second kappa shape index (κ2) is 5.48. The van der Waals surface area contributed by atoms with Crippen molar-refractivity contribution < 1.29 is 9.26 Å². The van der Waals surface area contributed by atoms with Gasteiger partial charge in [0.25, 0.3) is 0 Å². The van der Waals surface area contributed by atoms with Gasteiger partial charge in [-0.05, 0) is 13.0 Å². The minimum absolute atomic E-state index is 0.0891. The molecule has 2 aromatic rings. The summed E-state index contributed by atoms with van der Waals surface area (Å²) in [5.74, 6) is 1.84. The Kier molecular flexibility index (Phi) is 3.92. The topological polar surface area (TPSA) is 73.1 Å². The molecule has 1 N–H and O–H groups in total. The highest BCUT2D eigenvalue weighted by Crippen LogP contribution is 2.23. The van der Waals surface area contributed by atoms with Crippen LogP contribution in [0.15, 0.2) is 22.9 Å². The van der Waals surface area contributed by atoms with Gasteiger partial charge in [0.1, 0.15) is 6.04 Å². The largest absolute Gasteiger partial charge is 0.481 e. The van der Waals surface area contributed by atoms with Crippen molar-refractivity contribution in [1.82, 2.24) is 15.1 Å². The van der Waals surface area contributed by atoms with E-state index in [4.69, 9.17) is 9.26 Å². The molecule has 0 bridgehead atoms. The molecule has 6 nitrogen and oxygen atoms in total. The lowest BCUT2D eigenvalue weighted by molar-refractivity contribution is 0.354. The van der Waals surface area contributed by atoms with E-state index in [0.717, 1.165) is 5.69 Å². The summed E-state index contributed by atoms with van der Waals surface area (Å²) in [7, 11) is 1.59. The normalized spacial score (nSPS) is 13.1. The molecule has 108 valence electrons.